The fraction of sp³-hybridized carbons (Fsp3) is 0.125. The summed E-state index contributed by atoms with van der Waals surface area (Å²) in [7, 11) is 0. The number of pyridine rings is 1. The maximum Gasteiger partial charge on any atom is 0.296 e. The van der Waals surface area contributed by atoms with E-state index in [-0.39, 0.29) is 17.1 Å². The Morgan fingerprint density at radius 3 is 2.53 bits per heavy atom. The topological polar surface area (TPSA) is 63.4 Å². The molecule has 2 aromatic carbocycles. The fourth-order valence-electron chi connectivity index (χ4n) is 3.95. The van der Waals surface area contributed by atoms with Crippen LogP contribution in [0.25, 0.3) is 11.0 Å². The second kappa shape index (κ2) is 6.92. The molecule has 1 unspecified atom stereocenters. The van der Waals surface area contributed by atoms with Crippen molar-refractivity contribution >= 4 is 38.6 Å². The maximum absolute atomic E-state index is 13.6. The summed E-state index contributed by atoms with van der Waals surface area (Å²) in [5.74, 6) is 0.173. The molecule has 5 rings (SSSR count). The first-order valence-electron chi connectivity index (χ1n) is 9.53. The third kappa shape index (κ3) is 2.79. The van der Waals surface area contributed by atoms with Crippen molar-refractivity contribution in [2.75, 3.05) is 4.90 Å². The molecule has 0 fully saturated rings. The molecule has 0 spiro atoms. The highest BCUT2D eigenvalue weighted by molar-refractivity contribution is 9.10. The Balaban J connectivity index is 1.85. The Bertz CT molecular complexity index is 1380. The molecular formula is C24H17BrN2O3. The number of hydrogen-bond acceptors (Lipinski definition) is 4. The zero-order valence-electron chi connectivity index (χ0n) is 16.3. The summed E-state index contributed by atoms with van der Waals surface area (Å²) in [6, 6.07) is 16.0. The number of carbonyl (C=O) groups excluding carboxylic acids is 1. The molecule has 0 bridgehead atoms. The van der Waals surface area contributed by atoms with Crippen LogP contribution in [0.4, 0.5) is 5.82 Å². The Labute approximate surface area is 181 Å². The molecule has 1 atom stereocenters. The van der Waals surface area contributed by atoms with E-state index in [0.29, 0.717) is 22.4 Å². The molecule has 2 aromatic heterocycles. The number of rotatable bonds is 2. The van der Waals surface area contributed by atoms with Gasteiger partial charge in [-0.25, -0.2) is 4.98 Å². The summed E-state index contributed by atoms with van der Waals surface area (Å²) < 4.78 is 6.90. The predicted octanol–water partition coefficient (Wildman–Crippen LogP) is 5.32. The van der Waals surface area contributed by atoms with Gasteiger partial charge in [0.2, 0.25) is 5.76 Å². The van der Waals surface area contributed by atoms with Crippen molar-refractivity contribution in [1.82, 2.24) is 4.98 Å². The van der Waals surface area contributed by atoms with Gasteiger partial charge < -0.3 is 4.42 Å². The van der Waals surface area contributed by atoms with Gasteiger partial charge in [-0.05, 0) is 66.9 Å². The van der Waals surface area contributed by atoms with Crippen molar-refractivity contribution in [3.8, 4) is 0 Å². The van der Waals surface area contributed by atoms with E-state index in [2.05, 4.69) is 20.9 Å². The minimum absolute atomic E-state index is 0.0754. The maximum atomic E-state index is 13.6. The Hall–Kier alpha value is -3.25. The number of amides is 1. The second-order valence-electron chi connectivity index (χ2n) is 7.43. The summed E-state index contributed by atoms with van der Waals surface area (Å²) in [5, 5.41) is 0.479. The van der Waals surface area contributed by atoms with E-state index in [1.807, 2.05) is 56.3 Å². The van der Waals surface area contributed by atoms with E-state index in [0.717, 1.165) is 21.2 Å². The highest BCUT2D eigenvalue weighted by atomic mass is 79.9. The first-order valence-corrected chi connectivity index (χ1v) is 10.3. The first-order chi connectivity index (χ1) is 14.5. The van der Waals surface area contributed by atoms with Gasteiger partial charge in [0.15, 0.2) is 5.43 Å². The summed E-state index contributed by atoms with van der Waals surface area (Å²) in [6.45, 7) is 3.91. The lowest BCUT2D eigenvalue weighted by Gasteiger charge is -2.24. The number of fused-ring (bicyclic) bond motifs is 2. The molecule has 0 saturated heterocycles. The van der Waals surface area contributed by atoms with E-state index in [9.17, 15) is 9.59 Å². The van der Waals surface area contributed by atoms with Gasteiger partial charge in [0, 0.05) is 10.7 Å². The fourth-order valence-corrected chi connectivity index (χ4v) is 4.37. The van der Waals surface area contributed by atoms with Gasteiger partial charge in [-0.3, -0.25) is 14.5 Å². The molecule has 0 N–H and O–H groups in total. The number of anilines is 1. The molecule has 5 nitrogen and oxygen atoms in total. The SMILES string of the molecule is Cc1cc2oc3c(c(=O)c2cc1C)C(c1cccc(Br)c1)N(c1ccccn1)C3=O. The zero-order valence-corrected chi connectivity index (χ0v) is 17.9. The van der Waals surface area contributed by atoms with E-state index in [1.54, 1.807) is 18.3 Å². The number of aryl methyl sites for hydroxylation is 2. The van der Waals surface area contributed by atoms with Gasteiger partial charge in [0.05, 0.1) is 17.0 Å². The van der Waals surface area contributed by atoms with E-state index < -0.39 is 6.04 Å². The van der Waals surface area contributed by atoms with Gasteiger partial charge in [0.1, 0.15) is 11.4 Å². The standard InChI is InChI=1S/C24H17BrN2O3/c1-13-10-17-18(11-14(13)2)30-23-20(22(17)28)21(15-6-5-7-16(25)12-15)27(24(23)29)19-8-3-4-9-26-19/h3-12,21H,1-2H3. The van der Waals surface area contributed by atoms with E-state index >= 15 is 0 Å². The van der Waals surface area contributed by atoms with Crippen LogP contribution in [0.15, 0.2) is 74.5 Å². The zero-order chi connectivity index (χ0) is 21.0. The van der Waals surface area contributed by atoms with Crippen LogP contribution < -0.4 is 10.3 Å². The first kappa shape index (κ1) is 18.8. The van der Waals surface area contributed by atoms with Crippen molar-refractivity contribution in [3.05, 3.63) is 104 Å². The van der Waals surface area contributed by atoms with Crippen LogP contribution in [0.3, 0.4) is 0 Å². The minimum atomic E-state index is -0.623. The molecule has 4 aromatic rings. The molecule has 0 radical (unpaired) electrons. The number of aromatic nitrogens is 1. The highest BCUT2D eigenvalue weighted by Crippen LogP contribution is 2.41. The molecule has 3 heterocycles. The number of halogens is 1. The van der Waals surface area contributed by atoms with Crippen molar-refractivity contribution in [3.63, 3.8) is 0 Å². The summed E-state index contributed by atoms with van der Waals surface area (Å²) in [6.07, 6.45) is 1.63. The van der Waals surface area contributed by atoms with Crippen LogP contribution in [0.1, 0.15) is 38.9 Å². The van der Waals surface area contributed by atoms with Crippen LogP contribution in [-0.4, -0.2) is 10.9 Å². The Morgan fingerprint density at radius 1 is 1.00 bits per heavy atom. The Morgan fingerprint density at radius 2 is 1.80 bits per heavy atom. The van der Waals surface area contributed by atoms with Gasteiger partial charge in [-0.15, -0.1) is 0 Å². The third-order valence-corrected chi connectivity index (χ3v) is 6.04. The quantitative estimate of drug-likeness (QED) is 0.406. The number of carbonyl (C=O) groups is 1. The highest BCUT2D eigenvalue weighted by Gasteiger charge is 2.44. The van der Waals surface area contributed by atoms with Gasteiger partial charge in [0.25, 0.3) is 5.91 Å². The average molecular weight is 461 g/mol. The molecule has 30 heavy (non-hydrogen) atoms. The molecule has 6 heteroatoms. The van der Waals surface area contributed by atoms with E-state index in [4.69, 9.17) is 4.42 Å². The van der Waals surface area contributed by atoms with Gasteiger partial charge >= 0.3 is 0 Å². The number of hydrogen-bond donors (Lipinski definition) is 0. The molecule has 1 amide bonds. The van der Waals surface area contributed by atoms with Gasteiger partial charge in [-0.2, -0.15) is 0 Å². The lowest BCUT2D eigenvalue weighted by Crippen LogP contribution is -2.30. The molecule has 1 aliphatic rings. The van der Waals surface area contributed by atoms with Crippen LogP contribution in [0.5, 0.6) is 0 Å². The van der Waals surface area contributed by atoms with Crippen LogP contribution in [0, 0.1) is 13.8 Å². The van der Waals surface area contributed by atoms with Crippen LogP contribution >= 0.6 is 15.9 Å². The van der Waals surface area contributed by atoms with Gasteiger partial charge in [-0.1, -0.05) is 34.1 Å². The lowest BCUT2D eigenvalue weighted by molar-refractivity contribution is 0.0970. The summed E-state index contributed by atoms with van der Waals surface area (Å²) in [4.78, 5) is 33.0. The third-order valence-electron chi connectivity index (χ3n) is 5.55. The van der Waals surface area contributed by atoms with Crippen molar-refractivity contribution in [2.24, 2.45) is 0 Å². The number of benzene rings is 2. The van der Waals surface area contributed by atoms with Crippen molar-refractivity contribution in [1.29, 1.82) is 0 Å². The van der Waals surface area contributed by atoms with E-state index in [1.165, 1.54) is 4.90 Å². The Kier molecular flexibility index (Phi) is 4.33. The molecule has 1 aliphatic heterocycles. The molecule has 0 saturated carbocycles. The smallest absolute Gasteiger partial charge is 0.296 e. The van der Waals surface area contributed by atoms with Crippen molar-refractivity contribution < 1.29 is 9.21 Å². The monoisotopic (exact) mass is 460 g/mol. The lowest BCUT2D eigenvalue weighted by atomic mass is 9.97. The summed E-state index contributed by atoms with van der Waals surface area (Å²) >= 11 is 3.50. The summed E-state index contributed by atoms with van der Waals surface area (Å²) in [5.41, 5.74) is 3.38. The number of nitrogens with zero attached hydrogens (tertiary/aromatic N) is 2. The second-order valence-corrected chi connectivity index (χ2v) is 8.34. The van der Waals surface area contributed by atoms with Crippen LogP contribution in [0.2, 0.25) is 0 Å². The van der Waals surface area contributed by atoms with Crippen molar-refractivity contribution in [2.45, 2.75) is 19.9 Å². The van der Waals surface area contributed by atoms with Crippen LogP contribution in [-0.2, 0) is 0 Å². The normalized spacial score (nSPS) is 15.6. The molecule has 148 valence electrons. The molecule has 0 aliphatic carbocycles. The predicted molar refractivity (Wildman–Crippen MR) is 119 cm³/mol. The molecular weight excluding hydrogens is 444 g/mol. The average Bonchev–Trinajstić information content (AvgIpc) is 3.03. The largest absolute Gasteiger partial charge is 0.450 e. The minimum Gasteiger partial charge on any atom is -0.450 e.